The predicted octanol–water partition coefficient (Wildman–Crippen LogP) is 3.01. The molecule has 104 valence electrons. The lowest BCUT2D eigenvalue weighted by Gasteiger charge is -2.10. The molecule has 0 spiro atoms. The molecule has 0 radical (unpaired) electrons. The van der Waals surface area contributed by atoms with Crippen LogP contribution >= 0.6 is 0 Å². The highest BCUT2D eigenvalue weighted by atomic mass is 19.4. The Kier molecular flexibility index (Phi) is 4.30. The lowest BCUT2D eigenvalue weighted by atomic mass is 10.1. The van der Waals surface area contributed by atoms with Crippen molar-refractivity contribution < 1.29 is 27.6 Å². The van der Waals surface area contributed by atoms with E-state index in [1.165, 1.54) is 25.1 Å². The van der Waals surface area contributed by atoms with E-state index in [9.17, 15) is 28.1 Å². The summed E-state index contributed by atoms with van der Waals surface area (Å²) in [6.07, 6.45) is -5.96. The lowest BCUT2D eigenvalue weighted by molar-refractivity contribution is -0.385. The van der Waals surface area contributed by atoms with Gasteiger partial charge in [0.25, 0.3) is 5.69 Å². The highest BCUT2D eigenvalue weighted by Gasteiger charge is 2.29. The molecule has 0 heterocycles. The smallest absolute Gasteiger partial charge is 0.422 e. The van der Waals surface area contributed by atoms with E-state index in [-0.39, 0.29) is 16.9 Å². The Morgan fingerprint density at radius 2 is 2.11 bits per heavy atom. The van der Waals surface area contributed by atoms with Crippen molar-refractivity contribution in [2.24, 2.45) is 0 Å². The quantitative estimate of drug-likeness (QED) is 0.680. The van der Waals surface area contributed by atoms with Crippen LogP contribution in [0.5, 0.6) is 0 Å². The molecule has 9 heteroatoms. The van der Waals surface area contributed by atoms with Gasteiger partial charge in [-0.1, -0.05) is 6.07 Å². The molecular formula is C10H9F3N2O4. The van der Waals surface area contributed by atoms with Crippen LogP contribution in [-0.4, -0.2) is 23.8 Å². The maximum absolute atomic E-state index is 11.8. The first-order valence-electron chi connectivity index (χ1n) is 4.95. The van der Waals surface area contributed by atoms with Gasteiger partial charge in [0.1, 0.15) is 0 Å². The summed E-state index contributed by atoms with van der Waals surface area (Å²) in [6, 6.07) is 3.82. The molecule has 0 aliphatic heterocycles. The average Bonchev–Trinajstić information content (AvgIpc) is 2.28. The van der Waals surface area contributed by atoms with Crippen molar-refractivity contribution in [1.82, 2.24) is 0 Å². The largest absolute Gasteiger partial charge is 0.440 e. The number of carbonyl (C=O) groups is 1. The fraction of sp³-hybridized carbons (Fsp3) is 0.300. The van der Waals surface area contributed by atoms with Crippen molar-refractivity contribution in [3.8, 4) is 0 Å². The van der Waals surface area contributed by atoms with Crippen molar-refractivity contribution >= 4 is 17.5 Å². The highest BCUT2D eigenvalue weighted by molar-refractivity contribution is 5.86. The third-order valence-electron chi connectivity index (χ3n) is 2.11. The zero-order valence-corrected chi connectivity index (χ0v) is 9.65. The molecular weight excluding hydrogens is 269 g/mol. The van der Waals surface area contributed by atoms with E-state index in [1.54, 1.807) is 0 Å². The van der Waals surface area contributed by atoms with Crippen LogP contribution in [0.2, 0.25) is 0 Å². The Morgan fingerprint density at radius 3 is 2.63 bits per heavy atom. The summed E-state index contributed by atoms with van der Waals surface area (Å²) in [5, 5.41) is 12.6. The summed E-state index contributed by atoms with van der Waals surface area (Å²) in [4.78, 5) is 21.1. The van der Waals surface area contributed by atoms with E-state index in [0.717, 1.165) is 0 Å². The molecule has 1 aromatic rings. The van der Waals surface area contributed by atoms with Crippen LogP contribution in [0.3, 0.4) is 0 Å². The Bertz CT molecular complexity index is 502. The van der Waals surface area contributed by atoms with Gasteiger partial charge in [-0.25, -0.2) is 4.79 Å². The highest BCUT2D eigenvalue weighted by Crippen LogP contribution is 2.25. The van der Waals surface area contributed by atoms with Gasteiger partial charge < -0.3 is 4.74 Å². The normalized spacial score (nSPS) is 10.9. The number of amides is 1. The number of halogens is 3. The molecule has 0 aliphatic rings. The maximum atomic E-state index is 11.8. The van der Waals surface area contributed by atoms with Crippen LogP contribution in [0.15, 0.2) is 18.2 Å². The first-order valence-corrected chi connectivity index (χ1v) is 4.95. The number of anilines is 1. The molecule has 0 aliphatic carbocycles. The molecule has 0 bridgehead atoms. The maximum Gasteiger partial charge on any atom is 0.422 e. The summed E-state index contributed by atoms with van der Waals surface area (Å²) in [5.41, 5.74) is -0.119. The minimum Gasteiger partial charge on any atom is -0.440 e. The number of nitro benzene ring substituents is 1. The van der Waals surface area contributed by atoms with Crippen molar-refractivity contribution in [3.05, 3.63) is 33.9 Å². The number of hydrogen-bond acceptors (Lipinski definition) is 4. The lowest BCUT2D eigenvalue weighted by Crippen LogP contribution is -2.23. The molecule has 1 rings (SSSR count). The second-order valence-corrected chi connectivity index (χ2v) is 3.52. The average molecular weight is 278 g/mol. The van der Waals surface area contributed by atoms with Crippen LogP contribution in [0.25, 0.3) is 0 Å². The topological polar surface area (TPSA) is 81.5 Å². The van der Waals surface area contributed by atoms with E-state index < -0.39 is 23.8 Å². The zero-order valence-electron chi connectivity index (χ0n) is 9.65. The third-order valence-corrected chi connectivity index (χ3v) is 2.11. The number of carbonyl (C=O) groups excluding carboxylic acids is 1. The molecule has 1 amide bonds. The van der Waals surface area contributed by atoms with Crippen molar-refractivity contribution in [1.29, 1.82) is 0 Å². The van der Waals surface area contributed by atoms with Gasteiger partial charge in [-0.05, 0) is 13.0 Å². The number of hydrogen-bond donors (Lipinski definition) is 1. The second kappa shape index (κ2) is 5.55. The molecule has 0 fully saturated rings. The fourth-order valence-corrected chi connectivity index (χ4v) is 1.25. The second-order valence-electron chi connectivity index (χ2n) is 3.52. The molecule has 19 heavy (non-hydrogen) atoms. The van der Waals surface area contributed by atoms with Crippen LogP contribution in [0.1, 0.15) is 5.56 Å². The molecule has 6 nitrogen and oxygen atoms in total. The standard InChI is InChI=1S/C10H9F3N2O4/c1-6-7(3-2-4-8(6)15(17)18)14-9(16)19-5-10(11,12)13/h2-4H,5H2,1H3,(H,14,16). The number of nitrogens with one attached hydrogen (secondary N) is 1. The Hall–Kier alpha value is -2.32. The first kappa shape index (κ1) is 14.7. The number of nitro groups is 1. The monoisotopic (exact) mass is 278 g/mol. The number of alkyl halides is 3. The van der Waals surface area contributed by atoms with E-state index in [2.05, 4.69) is 4.74 Å². The summed E-state index contributed by atoms with van der Waals surface area (Å²) in [6.45, 7) is -0.371. The number of nitrogens with zero attached hydrogens (tertiary/aromatic N) is 1. The van der Waals surface area contributed by atoms with Gasteiger partial charge in [-0.2, -0.15) is 13.2 Å². The molecule has 1 aromatic carbocycles. The van der Waals surface area contributed by atoms with Crippen molar-refractivity contribution in [2.75, 3.05) is 11.9 Å². The molecule has 0 saturated carbocycles. The molecule has 1 N–H and O–H groups in total. The first-order chi connectivity index (χ1) is 8.70. The summed E-state index contributed by atoms with van der Waals surface area (Å²) < 4.78 is 39.3. The van der Waals surface area contributed by atoms with Gasteiger partial charge in [0.15, 0.2) is 6.61 Å². The van der Waals surface area contributed by atoms with Crippen LogP contribution in [-0.2, 0) is 4.74 Å². The SMILES string of the molecule is Cc1c(NC(=O)OCC(F)(F)F)cccc1[N+](=O)[O-]. The number of ether oxygens (including phenoxy) is 1. The third kappa shape index (κ3) is 4.45. The van der Waals surface area contributed by atoms with Gasteiger partial charge in [0.05, 0.1) is 16.2 Å². The van der Waals surface area contributed by atoms with Gasteiger partial charge in [-0.15, -0.1) is 0 Å². The Morgan fingerprint density at radius 1 is 1.47 bits per heavy atom. The van der Waals surface area contributed by atoms with Gasteiger partial charge in [0, 0.05) is 6.07 Å². The molecule has 0 saturated heterocycles. The summed E-state index contributed by atoms with van der Waals surface area (Å²) >= 11 is 0. The van der Waals surface area contributed by atoms with Crippen LogP contribution < -0.4 is 5.32 Å². The minimum absolute atomic E-state index is 0.0152. The van der Waals surface area contributed by atoms with Crippen molar-refractivity contribution in [3.63, 3.8) is 0 Å². The van der Waals surface area contributed by atoms with Gasteiger partial charge >= 0.3 is 12.3 Å². The van der Waals surface area contributed by atoms with E-state index in [0.29, 0.717) is 0 Å². The Balaban J connectivity index is 2.75. The minimum atomic E-state index is -4.63. The van der Waals surface area contributed by atoms with Crippen LogP contribution in [0, 0.1) is 17.0 Å². The van der Waals surface area contributed by atoms with Crippen molar-refractivity contribution in [2.45, 2.75) is 13.1 Å². The van der Waals surface area contributed by atoms with E-state index in [4.69, 9.17) is 0 Å². The van der Waals surface area contributed by atoms with E-state index in [1.807, 2.05) is 5.32 Å². The number of benzene rings is 1. The molecule has 0 unspecified atom stereocenters. The van der Waals surface area contributed by atoms with Gasteiger partial charge in [-0.3, -0.25) is 15.4 Å². The summed E-state index contributed by atoms with van der Waals surface area (Å²) in [7, 11) is 0. The van der Waals surface area contributed by atoms with Crippen LogP contribution in [0.4, 0.5) is 29.3 Å². The zero-order chi connectivity index (χ0) is 14.6. The number of rotatable bonds is 3. The van der Waals surface area contributed by atoms with E-state index >= 15 is 0 Å². The molecule has 0 atom stereocenters. The Labute approximate surface area is 105 Å². The molecule has 0 aromatic heterocycles. The summed E-state index contributed by atoms with van der Waals surface area (Å²) in [5.74, 6) is 0. The predicted molar refractivity (Wildman–Crippen MR) is 58.9 cm³/mol. The fourth-order valence-electron chi connectivity index (χ4n) is 1.25. The van der Waals surface area contributed by atoms with Gasteiger partial charge in [0.2, 0.25) is 0 Å².